The van der Waals surface area contributed by atoms with Crippen LogP contribution >= 0.6 is 35.3 Å². The first-order valence-electron chi connectivity index (χ1n) is 7.52. The zero-order chi connectivity index (χ0) is 17.8. The number of rotatable bonds is 6. The van der Waals surface area contributed by atoms with Gasteiger partial charge in [-0.15, -0.1) is 11.3 Å². The van der Waals surface area contributed by atoms with E-state index in [4.69, 9.17) is 17.3 Å². The van der Waals surface area contributed by atoms with E-state index in [9.17, 15) is 9.59 Å². The fraction of sp³-hybridized carbons (Fsp3) is 0.176. The second-order valence-corrected chi connectivity index (χ2v) is 7.81. The van der Waals surface area contributed by atoms with E-state index < -0.39 is 5.97 Å². The third-order valence-electron chi connectivity index (χ3n) is 3.47. The van der Waals surface area contributed by atoms with Gasteiger partial charge < -0.3 is 5.11 Å². The Kier molecular flexibility index (Phi) is 5.62. The molecule has 1 aliphatic rings. The molecule has 0 unspecified atom stereocenters. The molecule has 2 heterocycles. The number of hydrogen-bond acceptors (Lipinski definition) is 6. The Morgan fingerprint density at radius 2 is 2.08 bits per heavy atom. The molecule has 128 valence electrons. The van der Waals surface area contributed by atoms with Gasteiger partial charge in [0.2, 0.25) is 0 Å². The van der Waals surface area contributed by atoms with Gasteiger partial charge in [-0.3, -0.25) is 14.5 Å². The van der Waals surface area contributed by atoms with Crippen LogP contribution in [0.4, 0.5) is 0 Å². The number of hydrogen-bond donors (Lipinski definition) is 1. The zero-order valence-corrected chi connectivity index (χ0v) is 15.5. The average Bonchev–Trinajstić information content (AvgIpc) is 3.16. The van der Waals surface area contributed by atoms with Crippen molar-refractivity contribution in [3.8, 4) is 10.6 Å². The Bertz CT molecular complexity index is 846. The Labute approximate surface area is 158 Å². The van der Waals surface area contributed by atoms with Crippen molar-refractivity contribution < 1.29 is 14.7 Å². The van der Waals surface area contributed by atoms with Crippen molar-refractivity contribution in [1.82, 2.24) is 9.88 Å². The summed E-state index contributed by atoms with van der Waals surface area (Å²) in [5.74, 6) is -1.06. The maximum absolute atomic E-state index is 12.5. The fourth-order valence-corrected chi connectivity index (χ4v) is 4.36. The molecule has 0 radical (unpaired) electrons. The molecule has 0 saturated carbocycles. The Morgan fingerprint density at radius 3 is 2.80 bits per heavy atom. The van der Waals surface area contributed by atoms with Gasteiger partial charge in [0.1, 0.15) is 9.33 Å². The lowest BCUT2D eigenvalue weighted by atomic mass is 10.2. The van der Waals surface area contributed by atoms with Gasteiger partial charge in [-0.25, -0.2) is 4.98 Å². The lowest BCUT2D eigenvalue weighted by Gasteiger charge is -2.13. The number of carbonyl (C=O) groups excluding carboxylic acids is 1. The van der Waals surface area contributed by atoms with Crippen molar-refractivity contribution in [2.45, 2.75) is 12.8 Å². The van der Waals surface area contributed by atoms with E-state index in [1.165, 1.54) is 28.0 Å². The molecule has 2 aromatic rings. The molecule has 1 fully saturated rings. The van der Waals surface area contributed by atoms with Crippen LogP contribution in [0, 0.1) is 0 Å². The van der Waals surface area contributed by atoms with Crippen LogP contribution in [0.3, 0.4) is 0 Å². The van der Waals surface area contributed by atoms with Crippen LogP contribution < -0.4 is 0 Å². The van der Waals surface area contributed by atoms with Gasteiger partial charge in [-0.1, -0.05) is 54.3 Å². The molecule has 0 bridgehead atoms. The van der Waals surface area contributed by atoms with E-state index in [1.807, 2.05) is 35.7 Å². The molecule has 1 N–H and O–H groups in total. The normalized spacial score (nSPS) is 16.0. The number of carbonyl (C=O) groups is 2. The maximum atomic E-state index is 12.5. The molecular formula is C17H14N2O3S3. The van der Waals surface area contributed by atoms with Crippen LogP contribution in [0.25, 0.3) is 16.6 Å². The number of carboxylic acids is 1. The van der Waals surface area contributed by atoms with Crippen LogP contribution in [0.1, 0.15) is 18.5 Å². The standard InChI is InChI=1S/C17H14N2O3S3/c20-14(21)7-4-8-19-16(22)13(25-17(19)23)9-12-10-24-15(18-12)11-5-2-1-3-6-11/h1-3,5-6,9-10H,4,7-8H2,(H,20,21). The molecule has 25 heavy (non-hydrogen) atoms. The van der Waals surface area contributed by atoms with E-state index in [0.717, 1.165) is 16.3 Å². The van der Waals surface area contributed by atoms with Crippen molar-refractivity contribution in [2.24, 2.45) is 0 Å². The highest BCUT2D eigenvalue weighted by atomic mass is 32.2. The first kappa shape index (κ1) is 17.8. The van der Waals surface area contributed by atoms with Crippen LogP contribution in [0.15, 0.2) is 40.6 Å². The molecule has 1 amide bonds. The Balaban J connectivity index is 1.72. The highest BCUT2D eigenvalue weighted by molar-refractivity contribution is 8.26. The maximum Gasteiger partial charge on any atom is 0.303 e. The first-order chi connectivity index (χ1) is 12.0. The van der Waals surface area contributed by atoms with E-state index in [2.05, 4.69) is 4.98 Å². The average molecular weight is 391 g/mol. The van der Waals surface area contributed by atoms with E-state index in [1.54, 1.807) is 6.08 Å². The minimum absolute atomic E-state index is 0.0165. The van der Waals surface area contributed by atoms with Gasteiger partial charge >= 0.3 is 5.97 Å². The minimum atomic E-state index is -0.878. The van der Waals surface area contributed by atoms with Crippen molar-refractivity contribution >= 4 is 57.6 Å². The molecule has 8 heteroatoms. The smallest absolute Gasteiger partial charge is 0.303 e. The Morgan fingerprint density at radius 1 is 1.32 bits per heavy atom. The van der Waals surface area contributed by atoms with E-state index in [0.29, 0.717) is 22.2 Å². The molecule has 1 aliphatic heterocycles. The van der Waals surface area contributed by atoms with Crippen molar-refractivity contribution in [1.29, 1.82) is 0 Å². The number of benzene rings is 1. The summed E-state index contributed by atoms with van der Waals surface area (Å²) in [4.78, 5) is 29.6. The number of nitrogens with zero attached hydrogens (tertiary/aromatic N) is 2. The third kappa shape index (κ3) is 4.33. The number of thiazole rings is 1. The van der Waals surface area contributed by atoms with Gasteiger partial charge in [-0.2, -0.15) is 0 Å². The molecule has 0 atom stereocenters. The number of thioether (sulfide) groups is 1. The van der Waals surface area contributed by atoms with Crippen LogP contribution in [0.2, 0.25) is 0 Å². The second-order valence-electron chi connectivity index (χ2n) is 5.27. The van der Waals surface area contributed by atoms with Crippen LogP contribution in [-0.4, -0.2) is 37.7 Å². The predicted octanol–water partition coefficient (Wildman–Crippen LogP) is 3.88. The zero-order valence-electron chi connectivity index (χ0n) is 13.0. The Hall–Kier alpha value is -2.03. The van der Waals surface area contributed by atoms with Gasteiger partial charge in [-0.05, 0) is 12.5 Å². The van der Waals surface area contributed by atoms with Crippen LogP contribution in [0.5, 0.6) is 0 Å². The minimum Gasteiger partial charge on any atom is -0.481 e. The summed E-state index contributed by atoms with van der Waals surface area (Å²) in [6, 6.07) is 9.85. The highest BCUT2D eigenvalue weighted by Crippen LogP contribution is 2.33. The summed E-state index contributed by atoms with van der Waals surface area (Å²) in [5, 5.41) is 11.5. The molecule has 0 aliphatic carbocycles. The number of thiocarbonyl (C=S) groups is 1. The largest absolute Gasteiger partial charge is 0.481 e. The number of aromatic nitrogens is 1. The lowest BCUT2D eigenvalue weighted by Crippen LogP contribution is -2.29. The monoisotopic (exact) mass is 390 g/mol. The summed E-state index contributed by atoms with van der Waals surface area (Å²) in [6.07, 6.45) is 2.13. The molecule has 1 aromatic heterocycles. The molecule has 5 nitrogen and oxygen atoms in total. The van der Waals surface area contributed by atoms with Gasteiger partial charge in [0, 0.05) is 23.9 Å². The number of aliphatic carboxylic acids is 1. The molecule has 1 aromatic carbocycles. The first-order valence-corrected chi connectivity index (χ1v) is 9.63. The van der Waals surface area contributed by atoms with E-state index in [-0.39, 0.29) is 12.3 Å². The van der Waals surface area contributed by atoms with Crippen molar-refractivity contribution in [2.75, 3.05) is 6.54 Å². The summed E-state index contributed by atoms with van der Waals surface area (Å²) >= 11 is 7.98. The predicted molar refractivity (Wildman–Crippen MR) is 104 cm³/mol. The third-order valence-corrected chi connectivity index (χ3v) is 5.75. The molecule has 3 rings (SSSR count). The van der Waals surface area contributed by atoms with E-state index >= 15 is 0 Å². The van der Waals surface area contributed by atoms with Gasteiger partial charge in [0.25, 0.3) is 5.91 Å². The number of carboxylic acid groups (broad SMARTS) is 1. The quantitative estimate of drug-likeness (QED) is 0.596. The molecule has 1 saturated heterocycles. The lowest BCUT2D eigenvalue weighted by molar-refractivity contribution is -0.137. The summed E-state index contributed by atoms with van der Waals surface area (Å²) in [5.41, 5.74) is 1.75. The molecule has 0 spiro atoms. The van der Waals surface area contributed by atoms with Crippen molar-refractivity contribution in [3.05, 3.63) is 46.3 Å². The van der Waals surface area contributed by atoms with Crippen molar-refractivity contribution in [3.63, 3.8) is 0 Å². The van der Waals surface area contributed by atoms with Gasteiger partial charge in [0.05, 0.1) is 10.6 Å². The summed E-state index contributed by atoms with van der Waals surface area (Å²) in [6.45, 7) is 0.320. The number of amides is 1. The van der Waals surface area contributed by atoms with Crippen LogP contribution in [-0.2, 0) is 9.59 Å². The topological polar surface area (TPSA) is 70.5 Å². The summed E-state index contributed by atoms with van der Waals surface area (Å²) in [7, 11) is 0. The highest BCUT2D eigenvalue weighted by Gasteiger charge is 2.31. The second kappa shape index (κ2) is 7.90. The SMILES string of the molecule is O=C(O)CCCN1C(=O)C(=Cc2csc(-c3ccccc3)n2)SC1=S. The summed E-state index contributed by atoms with van der Waals surface area (Å²) < 4.78 is 0.458. The fourth-order valence-electron chi connectivity index (χ4n) is 2.28. The van der Waals surface area contributed by atoms with Gasteiger partial charge in [0.15, 0.2) is 0 Å². The molecular weight excluding hydrogens is 376 g/mol.